The molecule has 1 aromatic carbocycles. The van der Waals surface area contributed by atoms with Crippen molar-refractivity contribution < 1.29 is 27.8 Å². The average Bonchev–Trinajstić information content (AvgIpc) is 3.24. The number of ketones is 1. The van der Waals surface area contributed by atoms with E-state index in [1.807, 2.05) is 0 Å². The molecule has 7 nitrogen and oxygen atoms in total. The number of aromatic amines is 1. The molecular formula is C20H21F2N3O4. The molecule has 3 rings (SSSR count). The van der Waals surface area contributed by atoms with Crippen molar-refractivity contribution in [3.8, 4) is 5.75 Å². The maximum atomic E-state index is 14.2. The number of imidazole rings is 1. The summed E-state index contributed by atoms with van der Waals surface area (Å²) in [7, 11) is 0. The predicted molar refractivity (Wildman–Crippen MR) is 100 cm³/mol. The molecule has 0 aliphatic carbocycles. The van der Waals surface area contributed by atoms with Crippen LogP contribution in [-0.4, -0.2) is 59.0 Å². The standard InChI is InChI=1S/C20H21F2N3O4/c1-2-18(26)13-7-16(21)20(17(22)8-13)29-11-15-10-25(5-6-28-15)19(27)4-3-14-9-23-12-24-14/h3-4,7-9,12,15H,2,5-6,10-11H2,1H3,(H,23,24)/b4-3+. The van der Waals surface area contributed by atoms with Gasteiger partial charge in [-0.3, -0.25) is 9.59 Å². The van der Waals surface area contributed by atoms with Crippen LogP contribution in [0.5, 0.6) is 5.75 Å². The number of aromatic nitrogens is 2. The van der Waals surface area contributed by atoms with Gasteiger partial charge in [0.15, 0.2) is 23.2 Å². The van der Waals surface area contributed by atoms with Crippen LogP contribution in [0.1, 0.15) is 29.4 Å². The Kier molecular flexibility index (Phi) is 6.71. The van der Waals surface area contributed by atoms with Gasteiger partial charge >= 0.3 is 0 Å². The molecule has 0 radical (unpaired) electrons. The van der Waals surface area contributed by atoms with E-state index in [-0.39, 0.29) is 43.4 Å². The number of ether oxygens (including phenoxy) is 2. The highest BCUT2D eigenvalue weighted by molar-refractivity contribution is 5.96. The summed E-state index contributed by atoms with van der Waals surface area (Å²) in [6.45, 7) is 2.39. The van der Waals surface area contributed by atoms with E-state index in [0.717, 1.165) is 12.1 Å². The molecule has 154 valence electrons. The SMILES string of the molecule is CCC(=O)c1cc(F)c(OCC2CN(C(=O)/C=C/c3cnc[nH]3)CCO2)c(F)c1. The van der Waals surface area contributed by atoms with Crippen molar-refractivity contribution in [1.29, 1.82) is 0 Å². The number of carbonyl (C=O) groups is 2. The Morgan fingerprint density at radius 1 is 1.38 bits per heavy atom. The zero-order valence-electron chi connectivity index (χ0n) is 15.9. The molecule has 1 aromatic heterocycles. The van der Waals surface area contributed by atoms with E-state index < -0.39 is 23.5 Å². The monoisotopic (exact) mass is 405 g/mol. The zero-order valence-corrected chi connectivity index (χ0v) is 15.9. The van der Waals surface area contributed by atoms with Gasteiger partial charge in [-0.2, -0.15) is 0 Å². The van der Waals surface area contributed by atoms with Crippen LogP contribution in [0.4, 0.5) is 8.78 Å². The van der Waals surface area contributed by atoms with E-state index in [4.69, 9.17) is 9.47 Å². The minimum atomic E-state index is -0.951. The van der Waals surface area contributed by atoms with Crippen LogP contribution >= 0.6 is 0 Å². The molecule has 1 N–H and O–H groups in total. The first kappa shape index (κ1) is 20.7. The van der Waals surface area contributed by atoms with Crippen molar-refractivity contribution in [3.63, 3.8) is 0 Å². The molecule has 1 fully saturated rings. The molecule has 9 heteroatoms. The number of nitrogens with zero attached hydrogens (tertiary/aromatic N) is 2. The summed E-state index contributed by atoms with van der Waals surface area (Å²) in [5.41, 5.74) is 0.659. The van der Waals surface area contributed by atoms with Gasteiger partial charge in [-0.05, 0) is 18.2 Å². The number of nitrogens with one attached hydrogen (secondary N) is 1. The van der Waals surface area contributed by atoms with Gasteiger partial charge in [0.1, 0.15) is 12.7 Å². The fourth-order valence-electron chi connectivity index (χ4n) is 2.88. The first-order valence-corrected chi connectivity index (χ1v) is 9.20. The van der Waals surface area contributed by atoms with E-state index in [0.29, 0.717) is 12.2 Å². The second kappa shape index (κ2) is 9.42. The topological polar surface area (TPSA) is 84.5 Å². The van der Waals surface area contributed by atoms with Crippen LogP contribution in [0.15, 0.2) is 30.7 Å². The van der Waals surface area contributed by atoms with E-state index in [1.165, 1.54) is 12.4 Å². The Balaban J connectivity index is 1.58. The molecular weight excluding hydrogens is 384 g/mol. The average molecular weight is 405 g/mol. The quantitative estimate of drug-likeness (QED) is 0.566. The molecule has 2 aromatic rings. The van der Waals surface area contributed by atoms with Gasteiger partial charge in [0, 0.05) is 24.6 Å². The summed E-state index contributed by atoms with van der Waals surface area (Å²) in [6, 6.07) is 1.92. The first-order chi connectivity index (χ1) is 14.0. The van der Waals surface area contributed by atoms with Gasteiger partial charge in [0.2, 0.25) is 5.91 Å². The highest BCUT2D eigenvalue weighted by Crippen LogP contribution is 2.24. The Morgan fingerprint density at radius 3 is 2.79 bits per heavy atom. The first-order valence-electron chi connectivity index (χ1n) is 9.20. The van der Waals surface area contributed by atoms with Crippen LogP contribution in [-0.2, 0) is 9.53 Å². The molecule has 1 atom stereocenters. The lowest BCUT2D eigenvalue weighted by Gasteiger charge is -2.32. The minimum absolute atomic E-state index is 0.0374. The number of hydrogen-bond acceptors (Lipinski definition) is 5. The normalized spacial score (nSPS) is 16.9. The van der Waals surface area contributed by atoms with Gasteiger partial charge in [-0.25, -0.2) is 13.8 Å². The summed E-state index contributed by atoms with van der Waals surface area (Å²) in [5.74, 6) is -3.04. The van der Waals surface area contributed by atoms with Crippen molar-refractivity contribution in [2.24, 2.45) is 0 Å². The summed E-state index contributed by atoms with van der Waals surface area (Å²) >= 11 is 0. The van der Waals surface area contributed by atoms with Crippen molar-refractivity contribution in [2.75, 3.05) is 26.3 Å². The second-order valence-corrected chi connectivity index (χ2v) is 6.47. The van der Waals surface area contributed by atoms with Gasteiger partial charge in [-0.1, -0.05) is 6.92 Å². The number of halogens is 2. The summed E-state index contributed by atoms with van der Waals surface area (Å²) in [5, 5.41) is 0. The minimum Gasteiger partial charge on any atom is -0.485 e. The van der Waals surface area contributed by atoms with Crippen molar-refractivity contribution in [2.45, 2.75) is 19.4 Å². The summed E-state index contributed by atoms with van der Waals surface area (Å²) < 4.78 is 39.1. The van der Waals surface area contributed by atoms with E-state index in [9.17, 15) is 18.4 Å². The number of amides is 1. The number of H-pyrrole nitrogens is 1. The number of rotatable bonds is 7. The van der Waals surface area contributed by atoms with Gasteiger partial charge in [-0.15, -0.1) is 0 Å². The molecule has 0 bridgehead atoms. The predicted octanol–water partition coefficient (Wildman–Crippen LogP) is 2.60. The van der Waals surface area contributed by atoms with Crippen molar-refractivity contribution in [1.82, 2.24) is 14.9 Å². The fourth-order valence-corrected chi connectivity index (χ4v) is 2.88. The lowest BCUT2D eigenvalue weighted by Crippen LogP contribution is -2.47. The third-order valence-electron chi connectivity index (χ3n) is 4.43. The van der Waals surface area contributed by atoms with Gasteiger partial charge < -0.3 is 19.4 Å². The van der Waals surface area contributed by atoms with Gasteiger partial charge in [0.05, 0.1) is 31.4 Å². The maximum Gasteiger partial charge on any atom is 0.246 e. The second-order valence-electron chi connectivity index (χ2n) is 6.47. The molecule has 1 aliphatic heterocycles. The molecule has 0 spiro atoms. The maximum absolute atomic E-state index is 14.2. The molecule has 29 heavy (non-hydrogen) atoms. The van der Waals surface area contributed by atoms with Gasteiger partial charge in [0.25, 0.3) is 0 Å². The van der Waals surface area contributed by atoms with Crippen molar-refractivity contribution >= 4 is 17.8 Å². The Bertz CT molecular complexity index is 876. The van der Waals surface area contributed by atoms with Crippen LogP contribution in [0.2, 0.25) is 0 Å². The molecule has 2 heterocycles. The van der Waals surface area contributed by atoms with E-state index in [2.05, 4.69) is 9.97 Å². The Labute approximate surface area is 166 Å². The Hall–Kier alpha value is -3.07. The summed E-state index contributed by atoms with van der Waals surface area (Å²) in [6.07, 6.45) is 5.73. The highest BCUT2D eigenvalue weighted by atomic mass is 19.1. The van der Waals surface area contributed by atoms with Crippen LogP contribution in [0, 0.1) is 11.6 Å². The van der Waals surface area contributed by atoms with E-state index >= 15 is 0 Å². The molecule has 1 aliphatic rings. The van der Waals surface area contributed by atoms with Crippen LogP contribution in [0.25, 0.3) is 6.08 Å². The highest BCUT2D eigenvalue weighted by Gasteiger charge is 2.25. The third-order valence-corrected chi connectivity index (χ3v) is 4.43. The number of Topliss-reactive ketones (excluding diaryl/α,β-unsaturated/α-hetero) is 1. The largest absolute Gasteiger partial charge is 0.485 e. The van der Waals surface area contributed by atoms with Crippen LogP contribution in [0.3, 0.4) is 0 Å². The fraction of sp³-hybridized carbons (Fsp3) is 0.350. The number of hydrogen-bond donors (Lipinski definition) is 1. The summed E-state index contributed by atoms with van der Waals surface area (Å²) in [4.78, 5) is 32.2. The number of benzene rings is 1. The molecule has 0 saturated carbocycles. The van der Waals surface area contributed by atoms with Crippen LogP contribution < -0.4 is 4.74 Å². The Morgan fingerprint density at radius 2 is 2.14 bits per heavy atom. The molecule has 1 amide bonds. The lowest BCUT2D eigenvalue weighted by molar-refractivity contribution is -0.134. The molecule has 1 saturated heterocycles. The third kappa shape index (κ3) is 5.26. The van der Waals surface area contributed by atoms with Crippen molar-refractivity contribution in [3.05, 3.63) is 53.6 Å². The number of carbonyl (C=O) groups excluding carboxylic acids is 2. The number of morpholine rings is 1. The molecule has 1 unspecified atom stereocenters. The lowest BCUT2D eigenvalue weighted by atomic mass is 10.1. The zero-order chi connectivity index (χ0) is 20.8. The smallest absolute Gasteiger partial charge is 0.246 e. The van der Waals surface area contributed by atoms with E-state index in [1.54, 1.807) is 24.1 Å².